The number of aryl methyl sites for hydroxylation is 1. The number of esters is 1. The molecule has 0 bridgehead atoms. The maximum absolute atomic E-state index is 12.2. The van der Waals surface area contributed by atoms with E-state index in [1.807, 2.05) is 38.1 Å². The van der Waals surface area contributed by atoms with Crippen molar-refractivity contribution in [3.63, 3.8) is 0 Å². The molecule has 8 nitrogen and oxygen atoms in total. The van der Waals surface area contributed by atoms with Gasteiger partial charge >= 0.3 is 11.7 Å². The lowest BCUT2D eigenvalue weighted by molar-refractivity contribution is -0.385. The third-order valence-electron chi connectivity index (χ3n) is 4.16. The minimum absolute atomic E-state index is 0.0245. The van der Waals surface area contributed by atoms with Gasteiger partial charge in [0.1, 0.15) is 0 Å². The van der Waals surface area contributed by atoms with Crippen LogP contribution in [0.2, 0.25) is 0 Å². The van der Waals surface area contributed by atoms with Gasteiger partial charge in [0.25, 0.3) is 5.91 Å². The second kappa shape index (κ2) is 9.50. The first-order chi connectivity index (χ1) is 13.3. The summed E-state index contributed by atoms with van der Waals surface area (Å²) in [6, 6.07) is 11.3. The second-order valence-corrected chi connectivity index (χ2v) is 6.16. The van der Waals surface area contributed by atoms with Gasteiger partial charge in [0.15, 0.2) is 12.4 Å². The van der Waals surface area contributed by atoms with Crippen molar-refractivity contribution in [1.29, 1.82) is 0 Å². The summed E-state index contributed by atoms with van der Waals surface area (Å²) < 4.78 is 9.87. The molecule has 2 aromatic carbocycles. The number of ether oxygens (including phenoxy) is 2. The van der Waals surface area contributed by atoms with Crippen molar-refractivity contribution in [1.82, 2.24) is 5.32 Å². The van der Waals surface area contributed by atoms with Crippen molar-refractivity contribution in [3.05, 3.63) is 69.3 Å². The van der Waals surface area contributed by atoms with Crippen LogP contribution in [0.4, 0.5) is 5.69 Å². The Kier molecular flexibility index (Phi) is 7.08. The molecular weight excluding hydrogens is 364 g/mol. The smallest absolute Gasteiger partial charge is 0.338 e. The summed E-state index contributed by atoms with van der Waals surface area (Å²) in [7, 11) is 1.18. The van der Waals surface area contributed by atoms with Gasteiger partial charge in [0, 0.05) is 6.07 Å². The number of carbonyl (C=O) groups is 2. The van der Waals surface area contributed by atoms with Crippen LogP contribution < -0.4 is 10.1 Å². The molecule has 0 saturated carbocycles. The van der Waals surface area contributed by atoms with Crippen LogP contribution in [0.15, 0.2) is 42.5 Å². The highest BCUT2D eigenvalue weighted by molar-refractivity contribution is 5.90. The molecule has 0 spiro atoms. The third kappa shape index (κ3) is 5.29. The van der Waals surface area contributed by atoms with Gasteiger partial charge in [0.05, 0.1) is 23.6 Å². The van der Waals surface area contributed by atoms with E-state index in [9.17, 15) is 19.7 Å². The fourth-order valence-corrected chi connectivity index (χ4v) is 2.63. The minimum Gasteiger partial charge on any atom is -0.477 e. The quantitative estimate of drug-likeness (QED) is 0.423. The summed E-state index contributed by atoms with van der Waals surface area (Å²) in [6.07, 6.45) is 0.683. The number of hydrogen-bond donors (Lipinski definition) is 1. The molecule has 0 heterocycles. The fraction of sp³-hybridized carbons (Fsp3) is 0.300. The zero-order valence-corrected chi connectivity index (χ0v) is 15.9. The number of benzene rings is 2. The molecule has 0 aliphatic heterocycles. The molecule has 1 atom stereocenters. The average Bonchev–Trinajstić information content (AvgIpc) is 2.70. The molecule has 2 aromatic rings. The highest BCUT2D eigenvalue weighted by atomic mass is 16.6. The van der Waals surface area contributed by atoms with Crippen LogP contribution in [-0.2, 0) is 9.53 Å². The molecule has 148 valence electrons. The lowest BCUT2D eigenvalue weighted by atomic mass is 10.0. The molecular formula is C20H22N2O6. The number of nitrogens with zero attached hydrogens (tertiary/aromatic N) is 1. The van der Waals surface area contributed by atoms with Gasteiger partial charge in [-0.1, -0.05) is 36.8 Å². The molecule has 0 aromatic heterocycles. The van der Waals surface area contributed by atoms with Gasteiger partial charge < -0.3 is 14.8 Å². The van der Waals surface area contributed by atoms with Gasteiger partial charge in [-0.2, -0.15) is 0 Å². The molecule has 0 aliphatic rings. The highest BCUT2D eigenvalue weighted by Crippen LogP contribution is 2.28. The molecule has 8 heteroatoms. The fourth-order valence-electron chi connectivity index (χ4n) is 2.63. The predicted octanol–water partition coefficient (Wildman–Crippen LogP) is 3.34. The summed E-state index contributed by atoms with van der Waals surface area (Å²) in [5.41, 5.74) is 1.70. The lowest BCUT2D eigenvalue weighted by Crippen LogP contribution is -2.32. The number of nitro benzene ring substituents is 1. The maximum atomic E-state index is 12.2. The number of nitrogens with one attached hydrogen (secondary N) is 1. The van der Waals surface area contributed by atoms with Crippen molar-refractivity contribution in [2.45, 2.75) is 26.3 Å². The van der Waals surface area contributed by atoms with E-state index in [0.717, 1.165) is 17.2 Å². The summed E-state index contributed by atoms with van der Waals surface area (Å²) in [5.74, 6) is -1.20. The average molecular weight is 386 g/mol. The first-order valence-electron chi connectivity index (χ1n) is 8.71. The Hall–Kier alpha value is -3.42. The SMILES string of the molecule is CC[C@@H](NC(=O)COc1ccc(C(=O)OC)cc1[N+](=O)[O-])c1ccc(C)cc1. The molecule has 2 rings (SSSR count). The van der Waals surface area contributed by atoms with E-state index in [1.165, 1.54) is 19.2 Å². The standard InChI is InChI=1S/C20H22N2O6/c1-4-16(14-7-5-13(2)6-8-14)21-19(23)12-28-18-10-9-15(20(24)27-3)11-17(18)22(25)26/h5-11,16H,4,12H2,1-3H3,(H,21,23)/t16-/m1/s1. The summed E-state index contributed by atoms with van der Waals surface area (Å²) in [5, 5.41) is 14.1. The lowest BCUT2D eigenvalue weighted by Gasteiger charge is -2.18. The molecule has 0 fully saturated rings. The number of rotatable bonds is 8. The molecule has 1 N–H and O–H groups in total. The zero-order valence-electron chi connectivity index (χ0n) is 15.9. The first-order valence-corrected chi connectivity index (χ1v) is 8.71. The van der Waals surface area contributed by atoms with E-state index in [4.69, 9.17) is 4.74 Å². The van der Waals surface area contributed by atoms with Crippen LogP contribution in [0, 0.1) is 17.0 Å². The molecule has 1 amide bonds. The number of nitro groups is 1. The van der Waals surface area contributed by atoms with Gasteiger partial charge in [-0.3, -0.25) is 14.9 Å². The van der Waals surface area contributed by atoms with E-state index in [-0.39, 0.29) is 24.0 Å². The Balaban J connectivity index is 2.06. The van der Waals surface area contributed by atoms with Crippen LogP contribution >= 0.6 is 0 Å². The summed E-state index contributed by atoms with van der Waals surface area (Å²) in [4.78, 5) is 34.3. The first kappa shape index (κ1) is 20.9. The van der Waals surface area contributed by atoms with Crippen molar-refractivity contribution in [3.8, 4) is 5.75 Å². The van der Waals surface area contributed by atoms with Crippen LogP contribution in [0.3, 0.4) is 0 Å². The van der Waals surface area contributed by atoms with Crippen molar-refractivity contribution >= 4 is 17.6 Å². The number of methoxy groups -OCH3 is 1. The zero-order chi connectivity index (χ0) is 20.7. The summed E-state index contributed by atoms with van der Waals surface area (Å²) in [6.45, 7) is 3.54. The van der Waals surface area contributed by atoms with Gasteiger partial charge in [0.2, 0.25) is 0 Å². The van der Waals surface area contributed by atoms with E-state index >= 15 is 0 Å². The van der Waals surface area contributed by atoms with Crippen LogP contribution in [0.5, 0.6) is 5.75 Å². The Labute approximate surface area is 162 Å². The van der Waals surface area contributed by atoms with Crippen LogP contribution in [-0.4, -0.2) is 30.5 Å². The van der Waals surface area contributed by atoms with Crippen molar-refractivity contribution in [2.24, 2.45) is 0 Å². The van der Waals surface area contributed by atoms with Gasteiger partial charge in [-0.15, -0.1) is 0 Å². The largest absolute Gasteiger partial charge is 0.477 e. The van der Waals surface area contributed by atoms with E-state index in [1.54, 1.807) is 0 Å². The van der Waals surface area contributed by atoms with Gasteiger partial charge in [-0.05, 0) is 31.0 Å². The number of carbonyl (C=O) groups excluding carboxylic acids is 2. The Bertz CT molecular complexity index is 863. The molecule has 0 radical (unpaired) electrons. The predicted molar refractivity (Wildman–Crippen MR) is 102 cm³/mol. The van der Waals surface area contributed by atoms with Gasteiger partial charge in [-0.25, -0.2) is 4.79 Å². The van der Waals surface area contributed by atoms with E-state index in [0.29, 0.717) is 6.42 Å². The topological polar surface area (TPSA) is 108 Å². The van der Waals surface area contributed by atoms with E-state index in [2.05, 4.69) is 10.1 Å². The normalized spacial score (nSPS) is 11.4. The second-order valence-electron chi connectivity index (χ2n) is 6.16. The Morgan fingerprint density at radius 1 is 1.18 bits per heavy atom. The Morgan fingerprint density at radius 2 is 1.86 bits per heavy atom. The molecule has 0 unspecified atom stereocenters. The summed E-state index contributed by atoms with van der Waals surface area (Å²) >= 11 is 0. The van der Waals surface area contributed by atoms with E-state index < -0.39 is 22.5 Å². The monoisotopic (exact) mass is 386 g/mol. The van der Waals surface area contributed by atoms with Crippen molar-refractivity contribution in [2.75, 3.05) is 13.7 Å². The van der Waals surface area contributed by atoms with Crippen LogP contribution in [0.25, 0.3) is 0 Å². The van der Waals surface area contributed by atoms with Crippen molar-refractivity contribution < 1.29 is 24.0 Å². The Morgan fingerprint density at radius 3 is 2.43 bits per heavy atom. The number of amides is 1. The molecule has 0 aliphatic carbocycles. The number of hydrogen-bond acceptors (Lipinski definition) is 6. The third-order valence-corrected chi connectivity index (χ3v) is 4.16. The maximum Gasteiger partial charge on any atom is 0.338 e. The highest BCUT2D eigenvalue weighted by Gasteiger charge is 2.20. The molecule has 28 heavy (non-hydrogen) atoms. The molecule has 0 saturated heterocycles. The minimum atomic E-state index is -0.698. The van der Waals surface area contributed by atoms with Crippen LogP contribution in [0.1, 0.15) is 40.9 Å².